The molecular weight excluding hydrogens is 213 g/mol. The van der Waals surface area contributed by atoms with Crippen molar-refractivity contribution in [3.63, 3.8) is 0 Å². The second-order valence-electron chi connectivity index (χ2n) is 3.89. The molecule has 1 aromatic rings. The summed E-state index contributed by atoms with van der Waals surface area (Å²) in [7, 11) is 0. The minimum absolute atomic E-state index is 0.138. The predicted molar refractivity (Wildman–Crippen MR) is 58.4 cm³/mol. The smallest absolute Gasteiger partial charge is 0.155 e. The maximum absolute atomic E-state index is 13.4. The number of nitrogens with two attached hydrogens (primary N) is 2. The van der Waals surface area contributed by atoms with Gasteiger partial charge >= 0.3 is 0 Å². The van der Waals surface area contributed by atoms with Gasteiger partial charge < -0.3 is 21.9 Å². The Morgan fingerprint density at radius 2 is 2.25 bits per heavy atom. The van der Waals surface area contributed by atoms with E-state index in [1.807, 2.05) is 0 Å². The average molecular weight is 227 g/mol. The van der Waals surface area contributed by atoms with Crippen molar-refractivity contribution in [2.75, 3.05) is 23.4 Å². The molecule has 1 saturated carbocycles. The van der Waals surface area contributed by atoms with Gasteiger partial charge in [0.15, 0.2) is 11.6 Å². The van der Waals surface area contributed by atoms with Gasteiger partial charge in [-0.3, -0.25) is 0 Å². The number of nitrogens with zero attached hydrogens (tertiary/aromatic N) is 2. The van der Waals surface area contributed by atoms with Crippen LogP contribution in [0.1, 0.15) is 6.42 Å². The van der Waals surface area contributed by atoms with E-state index >= 15 is 0 Å². The molecule has 88 valence electrons. The molecule has 6 N–H and O–H groups in total. The van der Waals surface area contributed by atoms with Gasteiger partial charge in [0.2, 0.25) is 0 Å². The summed E-state index contributed by atoms with van der Waals surface area (Å²) in [6.45, 7) is -0.138. The summed E-state index contributed by atoms with van der Waals surface area (Å²) in [6.07, 6.45) is 0.741. The van der Waals surface area contributed by atoms with E-state index in [4.69, 9.17) is 16.6 Å². The van der Waals surface area contributed by atoms with Crippen molar-refractivity contribution in [1.82, 2.24) is 9.97 Å². The molecule has 2 rings (SSSR count). The van der Waals surface area contributed by atoms with Gasteiger partial charge in [-0.25, -0.2) is 14.4 Å². The van der Waals surface area contributed by atoms with Crippen LogP contribution in [0.2, 0.25) is 0 Å². The molecule has 0 aliphatic heterocycles. The Hall–Kier alpha value is -1.63. The average Bonchev–Trinajstić information content (AvgIpc) is 2.28. The van der Waals surface area contributed by atoms with Crippen molar-refractivity contribution in [2.45, 2.75) is 18.6 Å². The number of rotatable bonds is 3. The maximum atomic E-state index is 13.4. The lowest BCUT2D eigenvalue weighted by Gasteiger charge is -2.39. The Balaban J connectivity index is 2.03. The second-order valence-corrected chi connectivity index (χ2v) is 3.89. The maximum Gasteiger partial charge on any atom is 0.155 e. The van der Waals surface area contributed by atoms with Crippen LogP contribution >= 0.6 is 0 Å². The molecule has 1 aromatic heterocycles. The number of hydrogen-bond acceptors (Lipinski definition) is 6. The number of nitrogen functional groups attached to an aromatic ring is 2. The third-order valence-corrected chi connectivity index (χ3v) is 2.86. The van der Waals surface area contributed by atoms with E-state index in [1.54, 1.807) is 0 Å². The van der Waals surface area contributed by atoms with Gasteiger partial charge in [-0.15, -0.1) is 0 Å². The molecule has 0 radical (unpaired) electrons. The number of nitrogens with one attached hydrogen (secondary N) is 1. The summed E-state index contributed by atoms with van der Waals surface area (Å²) >= 11 is 0. The van der Waals surface area contributed by atoms with Gasteiger partial charge in [-0.05, 0) is 6.42 Å². The molecule has 16 heavy (non-hydrogen) atoms. The van der Waals surface area contributed by atoms with E-state index in [2.05, 4.69) is 15.3 Å². The van der Waals surface area contributed by atoms with Crippen molar-refractivity contribution in [3.8, 4) is 0 Å². The fourth-order valence-electron chi connectivity index (χ4n) is 1.73. The molecule has 7 heteroatoms. The summed E-state index contributed by atoms with van der Waals surface area (Å²) in [5.74, 6) is 0.223. The number of aliphatic hydroxyl groups is 1. The quantitative estimate of drug-likeness (QED) is 0.568. The normalized spacial score (nSPS) is 28.5. The molecule has 1 fully saturated rings. The highest BCUT2D eigenvalue weighted by atomic mass is 19.1. The first-order valence-electron chi connectivity index (χ1n) is 5.01. The molecule has 1 aliphatic carbocycles. The topological polar surface area (TPSA) is 110 Å². The highest BCUT2D eigenvalue weighted by Crippen LogP contribution is 2.34. The molecule has 0 amide bonds. The zero-order valence-corrected chi connectivity index (χ0v) is 8.60. The summed E-state index contributed by atoms with van der Waals surface area (Å²) in [5.41, 5.74) is 11.4. The minimum atomic E-state index is -1.08. The summed E-state index contributed by atoms with van der Waals surface area (Å²) < 4.78 is 13.4. The molecule has 1 heterocycles. The molecular formula is C9H14FN5O. The van der Waals surface area contributed by atoms with E-state index in [0.29, 0.717) is 12.2 Å². The summed E-state index contributed by atoms with van der Waals surface area (Å²) in [4.78, 5) is 7.60. The predicted octanol–water partition coefficient (Wildman–Crippen LogP) is -0.228. The van der Waals surface area contributed by atoms with Crippen LogP contribution < -0.4 is 16.8 Å². The zero-order chi connectivity index (χ0) is 11.7. The fraction of sp³-hybridized carbons (Fsp3) is 0.556. The van der Waals surface area contributed by atoms with Crippen LogP contribution in [-0.4, -0.2) is 33.9 Å². The number of hydrogen-bond donors (Lipinski definition) is 4. The second kappa shape index (κ2) is 4.09. The lowest BCUT2D eigenvalue weighted by Crippen LogP contribution is -2.50. The van der Waals surface area contributed by atoms with Crippen LogP contribution in [0.5, 0.6) is 0 Å². The van der Waals surface area contributed by atoms with Gasteiger partial charge in [0.05, 0.1) is 6.04 Å². The number of anilines is 3. The van der Waals surface area contributed by atoms with Gasteiger partial charge in [-0.1, -0.05) is 0 Å². The van der Waals surface area contributed by atoms with Crippen molar-refractivity contribution < 1.29 is 9.50 Å². The van der Waals surface area contributed by atoms with Crippen LogP contribution in [0.4, 0.5) is 21.7 Å². The monoisotopic (exact) mass is 227 g/mol. The van der Waals surface area contributed by atoms with Crippen molar-refractivity contribution in [2.24, 2.45) is 5.92 Å². The minimum Gasteiger partial charge on any atom is -0.396 e. The van der Waals surface area contributed by atoms with Gasteiger partial charge in [0.1, 0.15) is 18.2 Å². The first kappa shape index (κ1) is 10.9. The molecule has 0 bridgehead atoms. The zero-order valence-electron chi connectivity index (χ0n) is 8.60. The van der Waals surface area contributed by atoms with E-state index in [1.165, 1.54) is 6.33 Å². The Bertz CT molecular complexity index is 388. The van der Waals surface area contributed by atoms with Gasteiger partial charge in [0.25, 0.3) is 0 Å². The van der Waals surface area contributed by atoms with Gasteiger partial charge in [-0.2, -0.15) is 0 Å². The first-order valence-corrected chi connectivity index (χ1v) is 5.01. The number of aromatic nitrogens is 2. The van der Waals surface area contributed by atoms with Crippen molar-refractivity contribution in [3.05, 3.63) is 6.33 Å². The standard InChI is InChI=1S/C9H14FN5O/c10-6-4(2-16)1-5(6)15-9-7(11)8(12)13-3-14-9/h3-6,16H,1-2,11H2,(H3,12,13,14,15)/t4-,5-,6?/m1/s1. The Labute approximate surface area is 91.9 Å². The van der Waals surface area contributed by atoms with Crippen LogP contribution in [0.25, 0.3) is 0 Å². The third kappa shape index (κ3) is 1.73. The lowest BCUT2D eigenvalue weighted by atomic mass is 9.78. The van der Waals surface area contributed by atoms with Crippen LogP contribution in [-0.2, 0) is 0 Å². The molecule has 1 unspecified atom stereocenters. The van der Waals surface area contributed by atoms with E-state index in [0.717, 1.165) is 0 Å². The van der Waals surface area contributed by atoms with Crippen LogP contribution in [0.3, 0.4) is 0 Å². The molecule has 3 atom stereocenters. The summed E-state index contributed by atoms with van der Waals surface area (Å²) in [6, 6.07) is -0.367. The number of alkyl halides is 1. The van der Waals surface area contributed by atoms with E-state index < -0.39 is 6.17 Å². The molecule has 0 aromatic carbocycles. The Kier molecular flexibility index (Phi) is 2.78. The van der Waals surface area contributed by atoms with Crippen LogP contribution in [0.15, 0.2) is 6.33 Å². The Morgan fingerprint density at radius 3 is 2.88 bits per heavy atom. The number of halogens is 1. The molecule has 0 spiro atoms. The molecule has 1 aliphatic rings. The Morgan fingerprint density at radius 1 is 1.50 bits per heavy atom. The molecule has 6 nitrogen and oxygen atoms in total. The van der Waals surface area contributed by atoms with Crippen molar-refractivity contribution >= 4 is 17.3 Å². The summed E-state index contributed by atoms with van der Waals surface area (Å²) in [5, 5.41) is 11.7. The highest BCUT2D eigenvalue weighted by molar-refractivity contribution is 5.72. The van der Waals surface area contributed by atoms with Crippen molar-refractivity contribution in [1.29, 1.82) is 0 Å². The van der Waals surface area contributed by atoms with Crippen LogP contribution in [0, 0.1) is 5.92 Å². The largest absolute Gasteiger partial charge is 0.396 e. The molecule has 0 saturated heterocycles. The SMILES string of the molecule is Nc1ncnc(N[C@@H]2C[C@H](CO)C2F)c1N. The van der Waals surface area contributed by atoms with E-state index in [9.17, 15) is 4.39 Å². The lowest BCUT2D eigenvalue weighted by molar-refractivity contribution is 0.0433. The number of aliphatic hydroxyl groups excluding tert-OH is 1. The van der Waals surface area contributed by atoms with E-state index in [-0.39, 0.29) is 30.1 Å². The highest BCUT2D eigenvalue weighted by Gasteiger charge is 2.41. The van der Waals surface area contributed by atoms with Gasteiger partial charge in [0, 0.05) is 12.5 Å². The first-order chi connectivity index (χ1) is 7.63. The third-order valence-electron chi connectivity index (χ3n) is 2.86. The fourth-order valence-corrected chi connectivity index (χ4v) is 1.73.